The molecule has 0 fully saturated rings. The lowest BCUT2D eigenvalue weighted by atomic mass is 9.93. The Morgan fingerprint density at radius 1 is 0.513 bits per heavy atom. The van der Waals surface area contributed by atoms with Crippen LogP contribution in [0.2, 0.25) is 0 Å². The number of nitrogens with two attached hydrogens (primary N) is 1. The van der Waals surface area contributed by atoms with Gasteiger partial charge in [-0.3, -0.25) is 0 Å². The standard InChI is InChI=1S/C35H23FN2S/c36-24-20-33(22-13-16-25(17-14-22)39-35-12-6-5-11-32(35)37)38-34(21-24)23-15-18-30-28-9-2-1-7-26(28)27-8-3-4-10-29(27)31(30)19-23/h1-21H,37H2. The van der Waals surface area contributed by atoms with Gasteiger partial charge in [-0.05, 0) is 62.6 Å². The SMILES string of the molecule is Nc1ccccc1Sc1ccc(-c2cc(F)cc(-c3ccc4c5ccccc5c5ccccc5c4c3)n2)cc1. The highest BCUT2D eigenvalue weighted by atomic mass is 32.2. The maximum atomic E-state index is 14.9. The van der Waals surface area contributed by atoms with E-state index < -0.39 is 0 Å². The van der Waals surface area contributed by atoms with Crippen LogP contribution in [-0.2, 0) is 0 Å². The van der Waals surface area contributed by atoms with E-state index in [-0.39, 0.29) is 5.82 Å². The molecule has 1 aromatic heterocycles. The lowest BCUT2D eigenvalue weighted by molar-refractivity contribution is 0.627. The molecule has 39 heavy (non-hydrogen) atoms. The van der Waals surface area contributed by atoms with Crippen LogP contribution in [0.5, 0.6) is 0 Å². The second kappa shape index (κ2) is 9.57. The third-order valence-corrected chi connectivity index (χ3v) is 8.23. The largest absolute Gasteiger partial charge is 0.398 e. The molecule has 2 N–H and O–H groups in total. The van der Waals surface area contributed by atoms with Crippen molar-refractivity contribution in [3.8, 4) is 22.5 Å². The topological polar surface area (TPSA) is 38.9 Å². The summed E-state index contributed by atoms with van der Waals surface area (Å²) >= 11 is 1.60. The van der Waals surface area contributed by atoms with E-state index in [1.165, 1.54) is 39.1 Å². The molecule has 0 unspecified atom stereocenters. The van der Waals surface area contributed by atoms with Crippen LogP contribution in [-0.4, -0.2) is 4.98 Å². The Hall–Kier alpha value is -4.67. The zero-order valence-electron chi connectivity index (χ0n) is 20.9. The first-order chi connectivity index (χ1) is 19.1. The number of nitrogens with zero attached hydrogens (tertiary/aromatic N) is 1. The summed E-state index contributed by atoms with van der Waals surface area (Å²) in [6.07, 6.45) is 0. The molecular formula is C35H23FN2S. The lowest BCUT2D eigenvalue weighted by Crippen LogP contribution is -1.92. The summed E-state index contributed by atoms with van der Waals surface area (Å²) in [5.74, 6) is -0.311. The Morgan fingerprint density at radius 3 is 1.67 bits per heavy atom. The molecule has 7 aromatic rings. The normalized spacial score (nSPS) is 11.4. The first kappa shape index (κ1) is 23.4. The number of rotatable bonds is 4. The Kier molecular flexibility index (Phi) is 5.75. The van der Waals surface area contributed by atoms with Gasteiger partial charge in [0.05, 0.1) is 11.4 Å². The molecule has 0 saturated heterocycles. The fourth-order valence-electron chi connectivity index (χ4n) is 5.25. The van der Waals surface area contributed by atoms with Crippen molar-refractivity contribution in [1.82, 2.24) is 4.98 Å². The van der Waals surface area contributed by atoms with E-state index in [1.54, 1.807) is 11.8 Å². The number of benzene rings is 6. The molecule has 0 aliphatic carbocycles. The van der Waals surface area contributed by atoms with E-state index in [9.17, 15) is 4.39 Å². The maximum Gasteiger partial charge on any atom is 0.127 e. The van der Waals surface area contributed by atoms with Crippen LogP contribution >= 0.6 is 11.8 Å². The van der Waals surface area contributed by atoms with Gasteiger partial charge in [0.15, 0.2) is 0 Å². The summed E-state index contributed by atoms with van der Waals surface area (Å²) in [4.78, 5) is 6.95. The summed E-state index contributed by atoms with van der Waals surface area (Å²) in [5.41, 5.74) is 9.80. The quantitative estimate of drug-likeness (QED) is 0.185. The fraction of sp³-hybridized carbons (Fsp3) is 0. The van der Waals surface area contributed by atoms with Gasteiger partial charge in [-0.15, -0.1) is 0 Å². The number of halogens is 1. The molecule has 0 saturated carbocycles. The summed E-state index contributed by atoms with van der Waals surface area (Å²) in [7, 11) is 0. The Morgan fingerprint density at radius 2 is 1.03 bits per heavy atom. The minimum absolute atomic E-state index is 0.311. The molecular weight excluding hydrogens is 499 g/mol. The zero-order valence-corrected chi connectivity index (χ0v) is 21.8. The number of fused-ring (bicyclic) bond motifs is 6. The van der Waals surface area contributed by atoms with E-state index in [0.29, 0.717) is 11.4 Å². The average Bonchev–Trinajstić information content (AvgIpc) is 2.98. The first-order valence-electron chi connectivity index (χ1n) is 12.8. The minimum Gasteiger partial charge on any atom is -0.398 e. The maximum absolute atomic E-state index is 14.9. The van der Waals surface area contributed by atoms with E-state index in [0.717, 1.165) is 32.0 Å². The van der Waals surface area contributed by atoms with Gasteiger partial charge in [0.1, 0.15) is 5.82 Å². The number of nitrogen functional groups attached to an aromatic ring is 1. The molecule has 4 heteroatoms. The molecule has 0 amide bonds. The smallest absolute Gasteiger partial charge is 0.127 e. The van der Waals surface area contributed by atoms with Crippen LogP contribution in [0.4, 0.5) is 10.1 Å². The zero-order chi connectivity index (χ0) is 26.3. The number of hydrogen-bond donors (Lipinski definition) is 1. The first-order valence-corrected chi connectivity index (χ1v) is 13.6. The Labute approximate surface area is 229 Å². The van der Waals surface area contributed by atoms with E-state index in [2.05, 4.69) is 60.7 Å². The molecule has 2 nitrogen and oxygen atoms in total. The number of aromatic nitrogens is 1. The third kappa shape index (κ3) is 4.29. The molecule has 186 valence electrons. The monoisotopic (exact) mass is 522 g/mol. The van der Waals surface area contributed by atoms with E-state index >= 15 is 0 Å². The molecule has 7 rings (SSSR count). The average molecular weight is 523 g/mol. The van der Waals surface area contributed by atoms with E-state index in [4.69, 9.17) is 10.7 Å². The second-order valence-electron chi connectivity index (χ2n) is 9.57. The van der Waals surface area contributed by atoms with Crippen LogP contribution in [0.25, 0.3) is 54.8 Å². The predicted molar refractivity (Wildman–Crippen MR) is 163 cm³/mol. The van der Waals surface area contributed by atoms with Crippen molar-refractivity contribution in [1.29, 1.82) is 0 Å². The summed E-state index contributed by atoms with van der Waals surface area (Å²) < 4.78 is 14.9. The Balaban J connectivity index is 1.30. The van der Waals surface area contributed by atoms with Crippen molar-refractivity contribution in [3.05, 3.63) is 133 Å². The van der Waals surface area contributed by atoms with Crippen molar-refractivity contribution < 1.29 is 4.39 Å². The van der Waals surface area contributed by atoms with E-state index in [1.807, 2.05) is 54.6 Å². The summed E-state index contributed by atoms with van der Waals surface area (Å²) in [6, 6.07) is 42.1. The third-order valence-electron chi connectivity index (χ3n) is 7.13. The summed E-state index contributed by atoms with van der Waals surface area (Å²) in [6.45, 7) is 0. The van der Waals surface area contributed by atoms with Crippen LogP contribution in [0, 0.1) is 5.82 Å². The molecule has 1 heterocycles. The predicted octanol–water partition coefficient (Wildman–Crippen LogP) is 9.75. The van der Waals surface area contributed by atoms with Gasteiger partial charge in [0, 0.05) is 38.7 Å². The van der Waals surface area contributed by atoms with Gasteiger partial charge in [-0.25, -0.2) is 9.37 Å². The van der Waals surface area contributed by atoms with Gasteiger partial charge in [-0.2, -0.15) is 0 Å². The number of para-hydroxylation sites is 1. The lowest BCUT2D eigenvalue weighted by Gasteiger charge is -2.12. The molecule has 0 radical (unpaired) electrons. The second-order valence-corrected chi connectivity index (χ2v) is 10.7. The van der Waals surface area contributed by atoms with Crippen molar-refractivity contribution >= 4 is 49.8 Å². The molecule has 0 spiro atoms. The molecule has 0 aliphatic rings. The molecule has 0 atom stereocenters. The highest BCUT2D eigenvalue weighted by Crippen LogP contribution is 2.37. The van der Waals surface area contributed by atoms with Crippen molar-refractivity contribution in [2.75, 3.05) is 5.73 Å². The van der Waals surface area contributed by atoms with Crippen LogP contribution in [0.1, 0.15) is 0 Å². The van der Waals surface area contributed by atoms with Gasteiger partial charge in [0.25, 0.3) is 0 Å². The van der Waals surface area contributed by atoms with Crippen LogP contribution in [0.15, 0.2) is 137 Å². The fourth-order valence-corrected chi connectivity index (χ4v) is 6.11. The number of anilines is 1. The van der Waals surface area contributed by atoms with Gasteiger partial charge in [-0.1, -0.05) is 96.7 Å². The highest BCUT2D eigenvalue weighted by molar-refractivity contribution is 7.99. The van der Waals surface area contributed by atoms with Crippen LogP contribution < -0.4 is 5.73 Å². The van der Waals surface area contributed by atoms with Gasteiger partial charge < -0.3 is 5.73 Å². The highest BCUT2D eigenvalue weighted by Gasteiger charge is 2.12. The minimum atomic E-state index is -0.311. The molecule has 0 bridgehead atoms. The Bertz CT molecular complexity index is 1980. The van der Waals surface area contributed by atoms with Gasteiger partial charge >= 0.3 is 0 Å². The number of hydrogen-bond acceptors (Lipinski definition) is 3. The molecule has 0 aliphatic heterocycles. The molecule has 6 aromatic carbocycles. The van der Waals surface area contributed by atoms with Crippen LogP contribution in [0.3, 0.4) is 0 Å². The van der Waals surface area contributed by atoms with Crippen molar-refractivity contribution in [2.45, 2.75) is 9.79 Å². The van der Waals surface area contributed by atoms with Crippen molar-refractivity contribution in [3.63, 3.8) is 0 Å². The summed E-state index contributed by atoms with van der Waals surface area (Å²) in [5, 5.41) is 7.14. The van der Waals surface area contributed by atoms with Crippen molar-refractivity contribution in [2.24, 2.45) is 0 Å². The number of pyridine rings is 1. The van der Waals surface area contributed by atoms with Gasteiger partial charge in [0.2, 0.25) is 0 Å².